The molecule has 0 unspecified atom stereocenters. The largest absolute Gasteiger partial charge is 0.497 e. The van der Waals surface area contributed by atoms with Crippen molar-refractivity contribution in [3.63, 3.8) is 0 Å². The number of fused-ring (bicyclic) bond motifs is 3. The molecular formula is C26H24ClN3O2. The van der Waals surface area contributed by atoms with Gasteiger partial charge < -0.3 is 19.9 Å². The highest BCUT2D eigenvalue weighted by Gasteiger charge is 2.35. The number of halogens is 1. The van der Waals surface area contributed by atoms with E-state index in [4.69, 9.17) is 16.3 Å². The average Bonchev–Trinajstić information content (AvgIpc) is 3.20. The Balaban J connectivity index is 1.59. The van der Waals surface area contributed by atoms with E-state index in [9.17, 15) is 4.79 Å². The summed E-state index contributed by atoms with van der Waals surface area (Å²) >= 11 is 6.27. The molecule has 0 bridgehead atoms. The van der Waals surface area contributed by atoms with E-state index in [1.165, 1.54) is 10.9 Å². The van der Waals surface area contributed by atoms with E-state index in [-0.39, 0.29) is 12.1 Å². The van der Waals surface area contributed by atoms with Gasteiger partial charge in [-0.3, -0.25) is 0 Å². The van der Waals surface area contributed by atoms with Crippen LogP contribution in [0.5, 0.6) is 5.75 Å². The summed E-state index contributed by atoms with van der Waals surface area (Å²) in [4.78, 5) is 19.0. The van der Waals surface area contributed by atoms with Crippen LogP contribution in [-0.2, 0) is 6.42 Å². The highest BCUT2D eigenvalue weighted by atomic mass is 35.5. The molecule has 0 saturated heterocycles. The third kappa shape index (κ3) is 3.49. The fourth-order valence-corrected chi connectivity index (χ4v) is 4.72. The molecule has 2 heterocycles. The zero-order valence-electron chi connectivity index (χ0n) is 18.0. The number of hydrogen-bond acceptors (Lipinski definition) is 2. The van der Waals surface area contributed by atoms with Crippen LogP contribution >= 0.6 is 11.6 Å². The predicted octanol–water partition coefficient (Wildman–Crippen LogP) is 6.32. The Morgan fingerprint density at radius 1 is 1.12 bits per heavy atom. The van der Waals surface area contributed by atoms with Gasteiger partial charge in [0.05, 0.1) is 13.2 Å². The number of nitrogens with one attached hydrogen (secondary N) is 2. The lowest BCUT2D eigenvalue weighted by molar-refractivity contribution is 0.193. The summed E-state index contributed by atoms with van der Waals surface area (Å²) in [6.07, 6.45) is 0.780. The molecule has 0 spiro atoms. The summed E-state index contributed by atoms with van der Waals surface area (Å²) in [5, 5.41) is 4.91. The molecule has 32 heavy (non-hydrogen) atoms. The first-order valence-electron chi connectivity index (χ1n) is 10.6. The van der Waals surface area contributed by atoms with E-state index >= 15 is 0 Å². The maximum Gasteiger partial charge on any atom is 0.322 e. The maximum atomic E-state index is 13.5. The van der Waals surface area contributed by atoms with Gasteiger partial charge in [-0.15, -0.1) is 0 Å². The fraction of sp³-hybridized carbons (Fsp3) is 0.192. The fourth-order valence-electron chi connectivity index (χ4n) is 4.55. The number of rotatable bonds is 3. The molecule has 1 aliphatic rings. The topological polar surface area (TPSA) is 57.4 Å². The highest BCUT2D eigenvalue weighted by molar-refractivity contribution is 6.31. The molecule has 1 aliphatic heterocycles. The van der Waals surface area contributed by atoms with Crippen LogP contribution in [0.2, 0.25) is 5.02 Å². The van der Waals surface area contributed by atoms with Crippen molar-refractivity contribution in [1.29, 1.82) is 0 Å². The molecule has 2 N–H and O–H groups in total. The zero-order chi connectivity index (χ0) is 22.2. The molecular weight excluding hydrogens is 422 g/mol. The van der Waals surface area contributed by atoms with E-state index < -0.39 is 0 Å². The summed E-state index contributed by atoms with van der Waals surface area (Å²) in [5.74, 6) is 0.761. The van der Waals surface area contributed by atoms with E-state index in [1.54, 1.807) is 7.11 Å². The number of hydrogen-bond donors (Lipinski definition) is 2. The van der Waals surface area contributed by atoms with Gasteiger partial charge in [0.15, 0.2) is 0 Å². The van der Waals surface area contributed by atoms with Crippen LogP contribution in [0.1, 0.15) is 28.4 Å². The standard InChI is InChI=1S/C26H24ClN3O2/c1-16-21(27)10-6-12-22(16)29-26(31)30-14-13-20-19-9-3-4-11-23(19)28-24(20)25(30)17-7-5-8-18(15-17)32-2/h3-12,15,25,28H,13-14H2,1-2H3,(H,29,31)/t25-/m0/s1. The van der Waals surface area contributed by atoms with Crippen LogP contribution in [0.15, 0.2) is 66.7 Å². The summed E-state index contributed by atoms with van der Waals surface area (Å²) in [6.45, 7) is 2.51. The monoisotopic (exact) mass is 445 g/mol. The molecule has 0 saturated carbocycles. The van der Waals surface area contributed by atoms with Crippen molar-refractivity contribution in [2.24, 2.45) is 0 Å². The lowest BCUT2D eigenvalue weighted by atomic mass is 9.92. The number of nitrogens with zero attached hydrogens (tertiary/aromatic N) is 1. The van der Waals surface area contributed by atoms with Crippen LogP contribution < -0.4 is 10.1 Å². The van der Waals surface area contributed by atoms with Gasteiger partial charge in [-0.1, -0.05) is 48.0 Å². The predicted molar refractivity (Wildman–Crippen MR) is 129 cm³/mol. The van der Waals surface area contributed by atoms with Gasteiger partial charge >= 0.3 is 6.03 Å². The second-order valence-corrected chi connectivity index (χ2v) is 8.44. The Kier molecular flexibility index (Phi) is 5.27. The number of benzene rings is 3. The Bertz CT molecular complexity index is 1310. The molecule has 162 valence electrons. The number of aromatic nitrogens is 1. The number of methoxy groups -OCH3 is 1. The SMILES string of the molecule is COc1cccc([C@H]2c3[nH]c4ccccc4c3CCN2C(=O)Nc2cccc(Cl)c2C)c1. The van der Waals surface area contributed by atoms with Gasteiger partial charge in [-0.2, -0.15) is 0 Å². The van der Waals surface area contributed by atoms with Crippen molar-refractivity contribution < 1.29 is 9.53 Å². The highest BCUT2D eigenvalue weighted by Crippen LogP contribution is 2.39. The summed E-state index contributed by atoms with van der Waals surface area (Å²) in [6, 6.07) is 21.3. The number of carbonyl (C=O) groups is 1. The third-order valence-corrected chi connectivity index (χ3v) is 6.62. The Morgan fingerprint density at radius 3 is 2.78 bits per heavy atom. The molecule has 2 amide bonds. The second kappa shape index (κ2) is 8.24. The number of ether oxygens (including phenoxy) is 1. The zero-order valence-corrected chi connectivity index (χ0v) is 18.7. The van der Waals surface area contributed by atoms with Crippen molar-refractivity contribution in [3.05, 3.63) is 94.1 Å². The Hall–Kier alpha value is -3.44. The number of H-pyrrole nitrogens is 1. The van der Waals surface area contributed by atoms with Gasteiger partial charge in [0.2, 0.25) is 0 Å². The summed E-state index contributed by atoms with van der Waals surface area (Å²) < 4.78 is 5.47. The third-order valence-electron chi connectivity index (χ3n) is 6.21. The lowest BCUT2D eigenvalue weighted by Crippen LogP contribution is -2.43. The number of para-hydroxylation sites is 1. The molecule has 0 aliphatic carbocycles. The van der Waals surface area contributed by atoms with Crippen LogP contribution in [0, 0.1) is 6.92 Å². The smallest absolute Gasteiger partial charge is 0.322 e. The van der Waals surface area contributed by atoms with Crippen molar-refractivity contribution in [1.82, 2.24) is 9.88 Å². The van der Waals surface area contributed by atoms with Gasteiger partial charge in [0, 0.05) is 33.9 Å². The average molecular weight is 446 g/mol. The van der Waals surface area contributed by atoms with Crippen LogP contribution in [-0.4, -0.2) is 29.6 Å². The van der Waals surface area contributed by atoms with Crippen molar-refractivity contribution in [3.8, 4) is 5.75 Å². The quantitative estimate of drug-likeness (QED) is 0.387. The van der Waals surface area contributed by atoms with E-state index in [0.29, 0.717) is 17.3 Å². The number of carbonyl (C=O) groups excluding carboxylic acids is 1. The van der Waals surface area contributed by atoms with Crippen molar-refractivity contribution in [2.75, 3.05) is 19.0 Å². The van der Waals surface area contributed by atoms with Crippen LogP contribution in [0.3, 0.4) is 0 Å². The molecule has 1 atom stereocenters. The Morgan fingerprint density at radius 2 is 1.94 bits per heavy atom. The summed E-state index contributed by atoms with van der Waals surface area (Å²) in [7, 11) is 1.65. The van der Waals surface area contributed by atoms with E-state index in [0.717, 1.165) is 34.5 Å². The van der Waals surface area contributed by atoms with Gasteiger partial charge in [0.25, 0.3) is 0 Å². The van der Waals surface area contributed by atoms with E-state index in [2.05, 4.69) is 28.5 Å². The van der Waals surface area contributed by atoms with Crippen molar-refractivity contribution >= 4 is 34.2 Å². The molecule has 0 fully saturated rings. The second-order valence-electron chi connectivity index (χ2n) is 8.03. The molecule has 3 aromatic carbocycles. The van der Waals surface area contributed by atoms with Gasteiger partial charge in [-0.25, -0.2) is 4.79 Å². The van der Waals surface area contributed by atoms with Gasteiger partial charge in [-0.05, 0) is 60.4 Å². The minimum Gasteiger partial charge on any atom is -0.497 e. The maximum absolute atomic E-state index is 13.5. The molecule has 6 heteroatoms. The van der Waals surface area contributed by atoms with E-state index in [1.807, 2.05) is 60.4 Å². The van der Waals surface area contributed by atoms with Crippen LogP contribution in [0.25, 0.3) is 10.9 Å². The first kappa shape index (κ1) is 20.5. The lowest BCUT2D eigenvalue weighted by Gasteiger charge is -2.36. The number of aromatic amines is 1. The number of amides is 2. The first-order chi connectivity index (χ1) is 15.6. The minimum atomic E-state index is -0.263. The molecule has 5 nitrogen and oxygen atoms in total. The molecule has 4 aromatic rings. The molecule has 5 rings (SSSR count). The normalized spacial score (nSPS) is 15.5. The van der Waals surface area contributed by atoms with Crippen molar-refractivity contribution in [2.45, 2.75) is 19.4 Å². The molecule has 0 radical (unpaired) electrons. The van der Waals surface area contributed by atoms with Crippen LogP contribution in [0.4, 0.5) is 10.5 Å². The Labute approximate surface area is 192 Å². The number of urea groups is 1. The first-order valence-corrected chi connectivity index (χ1v) is 11.0. The minimum absolute atomic E-state index is 0.160. The molecule has 1 aromatic heterocycles. The van der Waals surface area contributed by atoms with Gasteiger partial charge in [0.1, 0.15) is 5.75 Å². The summed E-state index contributed by atoms with van der Waals surface area (Å²) in [5.41, 5.74) is 5.95. The number of anilines is 1.